The van der Waals surface area contributed by atoms with Gasteiger partial charge in [-0.25, -0.2) is 23.4 Å². The van der Waals surface area contributed by atoms with E-state index in [1.54, 1.807) is 22.8 Å². The van der Waals surface area contributed by atoms with Crippen molar-refractivity contribution in [3.8, 4) is 17.4 Å². The van der Waals surface area contributed by atoms with Gasteiger partial charge < -0.3 is 9.47 Å². The van der Waals surface area contributed by atoms with Crippen LogP contribution in [-0.2, 0) is 21.3 Å². The molecule has 1 aliphatic heterocycles. The molecule has 0 amide bonds. The molecule has 14 heteroatoms. The number of nitrogens with zero attached hydrogens (tertiary/aromatic N) is 7. The van der Waals surface area contributed by atoms with E-state index in [4.69, 9.17) is 21.1 Å². The summed E-state index contributed by atoms with van der Waals surface area (Å²) in [6, 6.07) is 5.53. The molecule has 0 radical (unpaired) electrons. The Morgan fingerprint density at radius 1 is 1.22 bits per heavy atom. The van der Waals surface area contributed by atoms with E-state index in [1.807, 2.05) is 0 Å². The molecule has 0 aromatic carbocycles. The Hall–Kier alpha value is -2.87. The standard InChI is InChI=1S/C23H31ClN8O4S/c1-5-31-11-7-8-17(31)14-32-22(18-9-6-10-19(27-18)35-3)28-29-23(32)30-37(33,34)15(2)20(36-4)21-25-12-16(24)13-26-21/h6,9-10,12-13,15,17,20H,5,7-8,11,14H2,1-4H3,(H,29,30)/t15-,17-,20-/m0/s1. The SMILES string of the molecule is CCN1CCC[C@H]1Cn1c(NS(=O)(=O)[C@@H](C)[C@H](OC)c2ncc(Cl)cn2)nnc1-c1cccc(OC)n1. The average molecular weight is 551 g/mol. The van der Waals surface area contributed by atoms with Crippen LogP contribution in [0.4, 0.5) is 5.95 Å². The number of methoxy groups -OCH3 is 2. The van der Waals surface area contributed by atoms with Crippen LogP contribution in [-0.4, -0.2) is 81.6 Å². The molecule has 0 spiro atoms. The van der Waals surface area contributed by atoms with E-state index in [2.05, 4.69) is 41.7 Å². The van der Waals surface area contributed by atoms with Crippen LogP contribution in [0.2, 0.25) is 5.02 Å². The van der Waals surface area contributed by atoms with Gasteiger partial charge in [-0.1, -0.05) is 24.6 Å². The predicted molar refractivity (Wildman–Crippen MR) is 139 cm³/mol. The second-order valence-corrected chi connectivity index (χ2v) is 11.2. The van der Waals surface area contributed by atoms with Gasteiger partial charge in [-0.05, 0) is 38.9 Å². The van der Waals surface area contributed by atoms with Crippen molar-refractivity contribution < 1.29 is 17.9 Å². The molecule has 1 fully saturated rings. The van der Waals surface area contributed by atoms with Crippen LogP contribution in [0.1, 0.15) is 38.6 Å². The Bertz CT molecular complexity index is 1300. The number of anilines is 1. The highest BCUT2D eigenvalue weighted by Crippen LogP contribution is 2.28. The zero-order valence-corrected chi connectivity index (χ0v) is 22.8. The Labute approximate surface area is 221 Å². The topological polar surface area (TPSA) is 137 Å². The summed E-state index contributed by atoms with van der Waals surface area (Å²) in [7, 11) is -1.07. The Kier molecular flexibility index (Phi) is 8.57. The Morgan fingerprint density at radius 3 is 2.65 bits per heavy atom. The lowest BCUT2D eigenvalue weighted by Crippen LogP contribution is -2.35. The van der Waals surface area contributed by atoms with Crippen molar-refractivity contribution in [2.75, 3.05) is 32.0 Å². The summed E-state index contributed by atoms with van der Waals surface area (Å²) in [6.45, 7) is 6.02. The van der Waals surface area contributed by atoms with Gasteiger partial charge in [0.1, 0.15) is 17.0 Å². The summed E-state index contributed by atoms with van der Waals surface area (Å²) in [5, 5.41) is 7.81. The summed E-state index contributed by atoms with van der Waals surface area (Å²) >= 11 is 5.89. The first-order valence-corrected chi connectivity index (χ1v) is 13.9. The normalized spacial score (nSPS) is 18.0. The summed E-state index contributed by atoms with van der Waals surface area (Å²) in [5.74, 6) is 1.17. The summed E-state index contributed by atoms with van der Waals surface area (Å²) < 4.78 is 42.1. The fourth-order valence-corrected chi connectivity index (χ4v) is 5.73. The number of hydrogen-bond acceptors (Lipinski definition) is 10. The molecule has 1 aliphatic rings. The molecule has 1 saturated heterocycles. The van der Waals surface area contributed by atoms with Crippen LogP contribution < -0.4 is 9.46 Å². The molecule has 37 heavy (non-hydrogen) atoms. The minimum Gasteiger partial charge on any atom is -0.481 e. The van der Waals surface area contributed by atoms with E-state index in [0.717, 1.165) is 25.9 Å². The number of likely N-dealkylation sites (tertiary alicyclic amines) is 1. The molecular formula is C23H31ClN8O4S. The highest BCUT2D eigenvalue weighted by Gasteiger charge is 2.35. The van der Waals surface area contributed by atoms with Crippen molar-refractivity contribution in [3.05, 3.63) is 41.4 Å². The highest BCUT2D eigenvalue weighted by atomic mass is 35.5. The molecule has 3 aromatic rings. The number of pyridine rings is 1. The van der Waals surface area contributed by atoms with Gasteiger partial charge in [0.25, 0.3) is 0 Å². The van der Waals surface area contributed by atoms with E-state index < -0.39 is 21.4 Å². The third kappa shape index (κ3) is 6.00. The summed E-state index contributed by atoms with van der Waals surface area (Å²) in [5.41, 5.74) is 0.524. The first-order valence-electron chi connectivity index (χ1n) is 12.0. The number of sulfonamides is 1. The van der Waals surface area contributed by atoms with Gasteiger partial charge in [0.15, 0.2) is 11.6 Å². The number of rotatable bonds is 11. The first-order chi connectivity index (χ1) is 17.8. The largest absolute Gasteiger partial charge is 0.481 e. The van der Waals surface area contributed by atoms with Gasteiger partial charge >= 0.3 is 0 Å². The molecular weight excluding hydrogens is 520 g/mol. The molecule has 3 aromatic heterocycles. The molecule has 0 bridgehead atoms. The van der Waals surface area contributed by atoms with Crippen molar-refractivity contribution in [3.63, 3.8) is 0 Å². The zero-order chi connectivity index (χ0) is 26.6. The third-order valence-corrected chi connectivity index (χ3v) is 8.40. The van der Waals surface area contributed by atoms with Crippen molar-refractivity contribution in [2.45, 2.75) is 50.6 Å². The average Bonchev–Trinajstić information content (AvgIpc) is 3.52. The second kappa shape index (κ2) is 11.7. The van der Waals surface area contributed by atoms with Gasteiger partial charge in [-0.3, -0.25) is 14.2 Å². The predicted octanol–water partition coefficient (Wildman–Crippen LogP) is 2.79. The van der Waals surface area contributed by atoms with E-state index in [1.165, 1.54) is 33.5 Å². The lowest BCUT2D eigenvalue weighted by molar-refractivity contribution is 0.0950. The molecule has 12 nitrogen and oxygen atoms in total. The molecule has 4 heterocycles. The van der Waals surface area contributed by atoms with E-state index >= 15 is 0 Å². The molecule has 200 valence electrons. The third-order valence-electron chi connectivity index (χ3n) is 6.51. The minimum atomic E-state index is -4.01. The van der Waals surface area contributed by atoms with E-state index in [9.17, 15) is 8.42 Å². The maximum Gasteiger partial charge on any atom is 0.240 e. The zero-order valence-electron chi connectivity index (χ0n) is 21.2. The number of halogens is 1. The van der Waals surface area contributed by atoms with Crippen LogP contribution >= 0.6 is 11.6 Å². The fourth-order valence-electron chi connectivity index (χ4n) is 4.48. The fraction of sp³-hybridized carbons (Fsp3) is 0.522. The van der Waals surface area contributed by atoms with Gasteiger partial charge in [0.05, 0.1) is 12.1 Å². The quantitative estimate of drug-likeness (QED) is 0.379. The highest BCUT2D eigenvalue weighted by molar-refractivity contribution is 7.93. The van der Waals surface area contributed by atoms with Crippen molar-refractivity contribution >= 4 is 27.6 Å². The summed E-state index contributed by atoms with van der Waals surface area (Å²) in [6.07, 6.45) is 3.92. The monoisotopic (exact) mass is 550 g/mol. The second-order valence-electron chi connectivity index (χ2n) is 8.72. The molecule has 0 aliphatic carbocycles. The van der Waals surface area contributed by atoms with Crippen molar-refractivity contribution in [1.82, 2.24) is 34.6 Å². The van der Waals surface area contributed by atoms with Crippen LogP contribution in [0, 0.1) is 0 Å². The maximum atomic E-state index is 13.5. The van der Waals surface area contributed by atoms with Gasteiger partial charge in [-0.15, -0.1) is 10.2 Å². The number of hydrogen-bond donors (Lipinski definition) is 1. The molecule has 0 saturated carbocycles. The lowest BCUT2D eigenvalue weighted by atomic mass is 10.2. The van der Waals surface area contributed by atoms with Gasteiger partial charge in [0, 0.05) is 38.2 Å². The van der Waals surface area contributed by atoms with E-state index in [0.29, 0.717) is 29.0 Å². The minimum absolute atomic E-state index is 0.0984. The van der Waals surface area contributed by atoms with Crippen LogP contribution in [0.15, 0.2) is 30.6 Å². The maximum absolute atomic E-state index is 13.5. The lowest BCUT2D eigenvalue weighted by Gasteiger charge is -2.25. The number of ether oxygens (including phenoxy) is 2. The molecule has 0 unspecified atom stereocenters. The Morgan fingerprint density at radius 2 is 1.97 bits per heavy atom. The Balaban J connectivity index is 1.68. The summed E-state index contributed by atoms with van der Waals surface area (Å²) in [4.78, 5) is 15.1. The molecule has 1 N–H and O–H groups in total. The van der Waals surface area contributed by atoms with Crippen molar-refractivity contribution in [1.29, 1.82) is 0 Å². The number of nitrogens with one attached hydrogen (secondary N) is 1. The smallest absolute Gasteiger partial charge is 0.240 e. The van der Waals surface area contributed by atoms with Gasteiger partial charge in [-0.2, -0.15) is 0 Å². The number of aromatic nitrogens is 6. The van der Waals surface area contributed by atoms with Crippen molar-refractivity contribution in [2.24, 2.45) is 0 Å². The van der Waals surface area contributed by atoms with Gasteiger partial charge in [0.2, 0.25) is 21.9 Å². The molecule has 4 rings (SSSR count). The van der Waals surface area contributed by atoms with E-state index in [-0.39, 0.29) is 17.8 Å². The molecule has 3 atom stereocenters. The number of likely N-dealkylation sites (N-methyl/N-ethyl adjacent to an activating group) is 1. The van der Waals surface area contributed by atoms with Crippen LogP contribution in [0.25, 0.3) is 11.5 Å². The van der Waals surface area contributed by atoms with Crippen LogP contribution in [0.5, 0.6) is 5.88 Å². The van der Waals surface area contributed by atoms with Crippen LogP contribution in [0.3, 0.4) is 0 Å². The first kappa shape index (κ1) is 27.2.